The molecule has 0 N–H and O–H groups in total. The molecular weight excluding hydrogens is 407 g/mol. The highest BCUT2D eigenvalue weighted by Crippen LogP contribution is 2.26. The Labute approximate surface area is 178 Å². The lowest BCUT2D eigenvalue weighted by molar-refractivity contribution is 0.0738. The molecule has 0 atom stereocenters. The molecule has 8 heteroatoms. The molecule has 0 spiro atoms. The first-order valence-corrected chi connectivity index (χ1v) is 10.0. The van der Waals surface area contributed by atoms with E-state index in [1.807, 2.05) is 24.3 Å². The molecule has 1 saturated heterocycles. The summed E-state index contributed by atoms with van der Waals surface area (Å²) in [4.78, 5) is 28.9. The maximum Gasteiger partial charge on any atom is 0.274 e. The Balaban J connectivity index is 1.46. The number of carbonyl (C=O) groups excluding carboxylic acids is 1. The third-order valence-corrected chi connectivity index (χ3v) is 5.39. The van der Waals surface area contributed by atoms with Gasteiger partial charge in [-0.25, -0.2) is 9.07 Å². The molecule has 0 radical (unpaired) electrons. The van der Waals surface area contributed by atoms with Crippen molar-refractivity contribution in [2.75, 3.05) is 31.1 Å². The molecule has 0 bridgehead atoms. The Morgan fingerprint density at radius 3 is 2.50 bits per heavy atom. The molecule has 3 aromatic rings. The molecule has 6 nitrogen and oxygen atoms in total. The van der Waals surface area contributed by atoms with Crippen LogP contribution in [-0.4, -0.2) is 46.8 Å². The van der Waals surface area contributed by atoms with Crippen molar-refractivity contribution in [1.82, 2.24) is 14.7 Å². The Morgan fingerprint density at radius 1 is 1.00 bits per heavy atom. The van der Waals surface area contributed by atoms with Gasteiger partial charge in [0.2, 0.25) is 0 Å². The molecule has 0 saturated carbocycles. The van der Waals surface area contributed by atoms with Gasteiger partial charge in [0.1, 0.15) is 11.5 Å². The van der Waals surface area contributed by atoms with E-state index in [-0.39, 0.29) is 29.5 Å². The van der Waals surface area contributed by atoms with Crippen LogP contribution in [-0.2, 0) is 6.54 Å². The van der Waals surface area contributed by atoms with Crippen LogP contribution in [0.3, 0.4) is 0 Å². The van der Waals surface area contributed by atoms with Crippen LogP contribution >= 0.6 is 11.6 Å². The van der Waals surface area contributed by atoms with Crippen molar-refractivity contribution in [3.63, 3.8) is 0 Å². The lowest BCUT2D eigenvalue weighted by Gasteiger charge is -2.36. The van der Waals surface area contributed by atoms with E-state index in [4.69, 9.17) is 11.6 Å². The molecule has 1 fully saturated rings. The number of nitrogens with zero attached hydrogens (tertiary/aromatic N) is 4. The number of amides is 1. The summed E-state index contributed by atoms with van der Waals surface area (Å²) >= 11 is 6.27. The van der Waals surface area contributed by atoms with Gasteiger partial charge in [0.05, 0.1) is 17.3 Å². The lowest BCUT2D eigenvalue weighted by atomic mass is 10.2. The zero-order valence-electron chi connectivity index (χ0n) is 16.2. The number of carbonyl (C=O) groups is 1. The number of para-hydroxylation sites is 1. The van der Waals surface area contributed by atoms with Crippen molar-refractivity contribution in [3.05, 3.63) is 93.1 Å². The molecule has 2 aromatic carbocycles. The van der Waals surface area contributed by atoms with Gasteiger partial charge < -0.3 is 9.80 Å². The summed E-state index contributed by atoms with van der Waals surface area (Å²) in [5.41, 5.74) is 1.40. The summed E-state index contributed by atoms with van der Waals surface area (Å²) in [6.07, 6.45) is 0. The zero-order chi connectivity index (χ0) is 21.1. The predicted molar refractivity (Wildman–Crippen MR) is 114 cm³/mol. The molecule has 2 heterocycles. The fourth-order valence-corrected chi connectivity index (χ4v) is 3.76. The van der Waals surface area contributed by atoms with E-state index in [9.17, 15) is 14.0 Å². The fourth-order valence-electron chi connectivity index (χ4n) is 3.51. The van der Waals surface area contributed by atoms with Crippen LogP contribution in [0.5, 0.6) is 0 Å². The van der Waals surface area contributed by atoms with Crippen molar-refractivity contribution in [3.8, 4) is 0 Å². The first-order valence-electron chi connectivity index (χ1n) is 9.62. The van der Waals surface area contributed by atoms with Crippen molar-refractivity contribution in [2.24, 2.45) is 0 Å². The maximum absolute atomic E-state index is 13.4. The van der Waals surface area contributed by atoms with Crippen molar-refractivity contribution >= 4 is 23.2 Å². The summed E-state index contributed by atoms with van der Waals surface area (Å²) < 4.78 is 14.6. The molecule has 1 aromatic heterocycles. The largest absolute Gasteiger partial charge is 0.367 e. The smallest absolute Gasteiger partial charge is 0.274 e. The number of anilines is 1. The van der Waals surface area contributed by atoms with E-state index >= 15 is 0 Å². The van der Waals surface area contributed by atoms with E-state index in [2.05, 4.69) is 10.00 Å². The van der Waals surface area contributed by atoms with Gasteiger partial charge in [-0.15, -0.1) is 0 Å². The van der Waals surface area contributed by atoms with E-state index in [1.165, 1.54) is 28.9 Å². The number of hydrogen-bond acceptors (Lipinski definition) is 4. The molecule has 1 amide bonds. The minimum Gasteiger partial charge on any atom is -0.367 e. The summed E-state index contributed by atoms with van der Waals surface area (Å²) in [6.45, 7) is 2.44. The van der Waals surface area contributed by atoms with Gasteiger partial charge in [-0.05, 0) is 35.9 Å². The normalized spacial score (nSPS) is 14.1. The Hall–Kier alpha value is -3.19. The number of aromatic nitrogens is 2. The molecule has 30 heavy (non-hydrogen) atoms. The van der Waals surface area contributed by atoms with Crippen LogP contribution in [0.4, 0.5) is 10.1 Å². The standard InChI is InChI=1S/C22H20ClFN4O2/c23-18-6-1-2-7-20(18)26-10-12-27(13-11-26)22(30)19-8-9-21(29)28(25-19)15-16-4-3-5-17(24)14-16/h1-9,14H,10-13,15H2. The first kappa shape index (κ1) is 20.1. The molecule has 154 valence electrons. The topological polar surface area (TPSA) is 58.4 Å². The fraction of sp³-hybridized carbons (Fsp3) is 0.227. The summed E-state index contributed by atoms with van der Waals surface area (Å²) in [5.74, 6) is -0.619. The monoisotopic (exact) mass is 426 g/mol. The second kappa shape index (κ2) is 8.67. The minimum absolute atomic E-state index is 0.0952. The van der Waals surface area contributed by atoms with Gasteiger partial charge in [0.15, 0.2) is 0 Å². The highest BCUT2D eigenvalue weighted by Gasteiger charge is 2.24. The van der Waals surface area contributed by atoms with Gasteiger partial charge in [-0.3, -0.25) is 9.59 Å². The van der Waals surface area contributed by atoms with Crippen LogP contribution in [0.15, 0.2) is 65.5 Å². The highest BCUT2D eigenvalue weighted by molar-refractivity contribution is 6.33. The molecule has 1 aliphatic heterocycles. The zero-order valence-corrected chi connectivity index (χ0v) is 16.9. The molecular formula is C22H20ClFN4O2. The lowest BCUT2D eigenvalue weighted by Crippen LogP contribution is -2.49. The number of piperazine rings is 1. The Morgan fingerprint density at radius 2 is 1.77 bits per heavy atom. The number of hydrogen-bond donors (Lipinski definition) is 0. The Bertz CT molecular complexity index is 1130. The molecule has 0 aliphatic carbocycles. The van der Waals surface area contributed by atoms with E-state index in [0.717, 1.165) is 5.69 Å². The average Bonchev–Trinajstić information content (AvgIpc) is 2.75. The van der Waals surface area contributed by atoms with E-state index < -0.39 is 0 Å². The van der Waals surface area contributed by atoms with Crippen molar-refractivity contribution in [2.45, 2.75) is 6.54 Å². The van der Waals surface area contributed by atoms with Crippen LogP contribution in [0.2, 0.25) is 5.02 Å². The number of rotatable bonds is 4. The Kier molecular flexibility index (Phi) is 5.81. The quantitative estimate of drug-likeness (QED) is 0.643. The van der Waals surface area contributed by atoms with Crippen molar-refractivity contribution in [1.29, 1.82) is 0 Å². The summed E-state index contributed by atoms with van der Waals surface area (Å²) in [7, 11) is 0. The van der Waals surface area contributed by atoms with E-state index in [0.29, 0.717) is 36.8 Å². The number of halogens is 2. The summed E-state index contributed by atoms with van der Waals surface area (Å²) in [5, 5.41) is 4.90. The first-order chi connectivity index (χ1) is 14.5. The second-order valence-electron chi connectivity index (χ2n) is 7.08. The predicted octanol–water partition coefficient (Wildman–Crippen LogP) is 3.05. The van der Waals surface area contributed by atoms with Gasteiger partial charge in [-0.2, -0.15) is 5.10 Å². The SMILES string of the molecule is O=C(c1ccc(=O)n(Cc2cccc(F)c2)n1)N1CCN(c2ccccc2Cl)CC1. The minimum atomic E-state index is -0.385. The second-order valence-corrected chi connectivity index (χ2v) is 7.48. The molecule has 4 rings (SSSR count). The molecule has 0 unspecified atom stereocenters. The van der Waals surface area contributed by atoms with Crippen LogP contribution < -0.4 is 10.5 Å². The third-order valence-electron chi connectivity index (χ3n) is 5.07. The van der Waals surface area contributed by atoms with Gasteiger partial charge in [-0.1, -0.05) is 35.9 Å². The van der Waals surface area contributed by atoms with Crippen LogP contribution in [0, 0.1) is 5.82 Å². The van der Waals surface area contributed by atoms with Crippen molar-refractivity contribution < 1.29 is 9.18 Å². The third kappa shape index (κ3) is 4.36. The van der Waals surface area contributed by atoms with E-state index in [1.54, 1.807) is 17.0 Å². The number of benzene rings is 2. The van der Waals surface area contributed by atoms with Gasteiger partial charge >= 0.3 is 0 Å². The highest BCUT2D eigenvalue weighted by atomic mass is 35.5. The maximum atomic E-state index is 13.4. The van der Waals surface area contributed by atoms with Crippen LogP contribution in [0.1, 0.15) is 16.1 Å². The molecule has 1 aliphatic rings. The van der Waals surface area contributed by atoms with Gasteiger partial charge in [0.25, 0.3) is 11.5 Å². The van der Waals surface area contributed by atoms with Crippen LogP contribution in [0.25, 0.3) is 0 Å². The average molecular weight is 427 g/mol. The van der Waals surface area contributed by atoms with Gasteiger partial charge in [0, 0.05) is 32.2 Å². The summed E-state index contributed by atoms with van der Waals surface area (Å²) in [6, 6.07) is 16.3.